The topological polar surface area (TPSA) is 167 Å². The van der Waals surface area contributed by atoms with Crippen molar-refractivity contribution in [1.29, 1.82) is 0 Å². The molecule has 60 heavy (non-hydrogen) atoms. The number of amides is 1. The van der Waals surface area contributed by atoms with Crippen LogP contribution in [0.1, 0.15) is 159 Å². The number of aliphatic carboxylic acids is 2. The molecule has 10 nitrogen and oxygen atoms in total. The Kier molecular flexibility index (Phi) is 27.7. The van der Waals surface area contributed by atoms with Gasteiger partial charge in [-0.15, -0.1) is 0 Å². The highest BCUT2D eigenvalue weighted by molar-refractivity contribution is 7.98. The Hall–Kier alpha value is -2.93. The van der Waals surface area contributed by atoms with E-state index in [-0.39, 0.29) is 18.1 Å². The zero-order chi connectivity index (χ0) is 45.3. The van der Waals surface area contributed by atoms with E-state index in [1.807, 2.05) is 43.5 Å². The van der Waals surface area contributed by atoms with Gasteiger partial charge in [-0.05, 0) is 111 Å². The molecule has 1 saturated heterocycles. The van der Waals surface area contributed by atoms with Crippen LogP contribution in [0, 0.1) is 18.8 Å². The van der Waals surface area contributed by atoms with Gasteiger partial charge >= 0.3 is 11.9 Å². The maximum atomic E-state index is 13.5. The Morgan fingerprint density at radius 2 is 1.55 bits per heavy atom. The number of carbonyl (C=O) groups is 3. The second-order valence-corrected chi connectivity index (χ2v) is 20.2. The van der Waals surface area contributed by atoms with E-state index in [2.05, 4.69) is 50.9 Å². The van der Waals surface area contributed by atoms with E-state index in [0.29, 0.717) is 29.6 Å². The van der Waals surface area contributed by atoms with Crippen LogP contribution in [-0.2, 0) is 26.0 Å². The Morgan fingerprint density at radius 3 is 2.10 bits per heavy atom. The summed E-state index contributed by atoms with van der Waals surface area (Å²) < 4.78 is 23.4. The molecule has 6 unspecified atom stereocenters. The van der Waals surface area contributed by atoms with E-state index in [9.17, 15) is 27.9 Å². The normalized spacial score (nSPS) is 17.3. The van der Waals surface area contributed by atoms with Crippen molar-refractivity contribution in [3.05, 3.63) is 59.2 Å². The van der Waals surface area contributed by atoms with Crippen LogP contribution in [0.4, 0.5) is 0 Å². The lowest BCUT2D eigenvalue weighted by Gasteiger charge is -2.32. The number of likely N-dealkylation sites (tertiary alicyclic amines) is 1. The zero-order valence-electron chi connectivity index (χ0n) is 38.5. The number of unbranched alkanes of at least 4 members (excludes halogenated alkanes) is 3. The molecule has 2 aromatic rings. The first kappa shape index (κ1) is 55.1. The predicted octanol–water partition coefficient (Wildman–Crippen LogP) is 10.4. The minimum absolute atomic E-state index is 0.183. The van der Waals surface area contributed by atoms with Crippen molar-refractivity contribution in [2.24, 2.45) is 17.6 Å². The third kappa shape index (κ3) is 21.7. The highest BCUT2D eigenvalue weighted by atomic mass is 32.2. The number of nitrogens with two attached hydrogens (primary N) is 1. The predicted molar refractivity (Wildman–Crippen MR) is 253 cm³/mol. The van der Waals surface area contributed by atoms with E-state index in [1.165, 1.54) is 70.6 Å². The van der Waals surface area contributed by atoms with Crippen molar-refractivity contribution in [3.63, 3.8) is 0 Å². The molecule has 1 aliphatic rings. The molecule has 342 valence electrons. The van der Waals surface area contributed by atoms with Crippen LogP contribution >= 0.6 is 11.8 Å². The zero-order valence-corrected chi connectivity index (χ0v) is 40.1. The molecule has 0 saturated carbocycles. The molecular weight excluding hydrogens is 795 g/mol. The van der Waals surface area contributed by atoms with E-state index >= 15 is 0 Å². The molecule has 0 bridgehead atoms. The quantitative estimate of drug-likeness (QED) is 0.0705. The lowest BCUT2D eigenvalue weighted by molar-refractivity contribution is -0.141. The summed E-state index contributed by atoms with van der Waals surface area (Å²) in [5.74, 6) is -1.33. The minimum atomic E-state index is -3.37. The minimum Gasteiger partial charge on any atom is -0.481 e. The number of carboxylic acid groups (broad SMARTS) is 2. The van der Waals surface area contributed by atoms with Crippen LogP contribution in [0.3, 0.4) is 0 Å². The summed E-state index contributed by atoms with van der Waals surface area (Å²) >= 11 is 1.68. The maximum absolute atomic E-state index is 13.5. The molecule has 2 aromatic carbocycles. The monoisotopic (exact) mass is 876 g/mol. The van der Waals surface area contributed by atoms with Crippen molar-refractivity contribution >= 4 is 39.4 Å². The van der Waals surface area contributed by atoms with Crippen molar-refractivity contribution in [2.75, 3.05) is 24.0 Å². The number of benzene rings is 2. The number of hydrogen-bond acceptors (Lipinski definition) is 8. The van der Waals surface area contributed by atoms with Gasteiger partial charge in [0.15, 0.2) is 0 Å². The fourth-order valence-electron chi connectivity index (χ4n) is 7.69. The van der Waals surface area contributed by atoms with E-state index in [0.717, 1.165) is 60.1 Å². The number of rotatable bonds is 25. The Balaban J connectivity index is 0.000000944. The van der Waals surface area contributed by atoms with E-state index in [1.54, 1.807) is 24.8 Å². The van der Waals surface area contributed by atoms with Gasteiger partial charge in [-0.25, -0.2) is 13.2 Å². The van der Waals surface area contributed by atoms with Gasteiger partial charge in [0.05, 0.1) is 11.7 Å². The Bertz CT molecular complexity index is 1650. The molecule has 0 radical (unpaired) electrons. The molecule has 0 aliphatic carbocycles. The highest BCUT2D eigenvalue weighted by Gasteiger charge is 2.34. The van der Waals surface area contributed by atoms with Crippen molar-refractivity contribution in [2.45, 2.75) is 175 Å². The smallest absolute Gasteiger partial charge is 0.326 e. The molecule has 12 heteroatoms. The Morgan fingerprint density at radius 1 is 0.867 bits per heavy atom. The van der Waals surface area contributed by atoms with Crippen LogP contribution < -0.4 is 11.1 Å². The number of hydrogen-bond donors (Lipinski definition) is 4. The third-order valence-electron chi connectivity index (χ3n) is 11.5. The summed E-state index contributed by atoms with van der Waals surface area (Å²) in [4.78, 5) is 38.4. The fourth-order valence-corrected chi connectivity index (χ4v) is 8.94. The van der Waals surface area contributed by atoms with Crippen molar-refractivity contribution < 1.29 is 33.0 Å². The molecular formula is C48H81N3O7S2. The van der Waals surface area contributed by atoms with Gasteiger partial charge in [-0.2, -0.15) is 11.8 Å². The average Bonchev–Trinajstić information content (AvgIpc) is 3.56. The van der Waals surface area contributed by atoms with Crippen molar-refractivity contribution in [3.8, 4) is 11.1 Å². The van der Waals surface area contributed by atoms with E-state index < -0.39 is 33.7 Å². The summed E-state index contributed by atoms with van der Waals surface area (Å²) in [6, 6.07) is 14.0. The molecule has 1 fully saturated rings. The van der Waals surface area contributed by atoms with Crippen LogP contribution in [0.2, 0.25) is 0 Å². The number of sulfone groups is 1. The fraction of sp³-hybridized carbons (Fsp3) is 0.688. The molecule has 1 heterocycles. The van der Waals surface area contributed by atoms with E-state index in [4.69, 9.17) is 10.8 Å². The lowest BCUT2D eigenvalue weighted by Crippen LogP contribution is -2.42. The van der Waals surface area contributed by atoms with Crippen LogP contribution in [0.25, 0.3) is 11.1 Å². The number of aryl methyl sites for hydroxylation is 1. The number of nitrogens with one attached hydrogen (secondary N) is 1. The van der Waals surface area contributed by atoms with Crippen LogP contribution in [0.15, 0.2) is 42.5 Å². The molecule has 0 aromatic heterocycles. The van der Waals surface area contributed by atoms with Crippen LogP contribution in [0.5, 0.6) is 0 Å². The third-order valence-corrected chi connectivity index (χ3v) is 13.1. The molecule has 1 amide bonds. The van der Waals surface area contributed by atoms with Crippen molar-refractivity contribution in [1.82, 2.24) is 10.2 Å². The molecule has 0 spiro atoms. The van der Waals surface area contributed by atoms with Gasteiger partial charge in [-0.3, -0.25) is 14.5 Å². The number of carboxylic acids is 2. The van der Waals surface area contributed by atoms with Crippen LogP contribution in [-0.4, -0.2) is 89.6 Å². The molecule has 1 aliphatic heterocycles. The first-order chi connectivity index (χ1) is 28.4. The molecule has 5 N–H and O–H groups in total. The number of nitrogens with zero attached hydrogens (tertiary/aromatic N) is 1. The van der Waals surface area contributed by atoms with Gasteiger partial charge in [0, 0.05) is 36.5 Å². The summed E-state index contributed by atoms with van der Waals surface area (Å²) in [5, 5.41) is 20.7. The van der Waals surface area contributed by atoms with Gasteiger partial charge < -0.3 is 21.3 Å². The first-order valence-electron chi connectivity index (χ1n) is 22.6. The summed E-state index contributed by atoms with van der Waals surface area (Å²) in [7, 11) is -3.37. The summed E-state index contributed by atoms with van der Waals surface area (Å²) in [5.41, 5.74) is 9.81. The second kappa shape index (κ2) is 30.2. The maximum Gasteiger partial charge on any atom is 0.326 e. The largest absolute Gasteiger partial charge is 0.481 e. The lowest BCUT2D eigenvalue weighted by atomic mass is 9.92. The Labute approximate surface area is 368 Å². The van der Waals surface area contributed by atoms with Gasteiger partial charge in [0.2, 0.25) is 0 Å². The van der Waals surface area contributed by atoms with Gasteiger partial charge in [-0.1, -0.05) is 117 Å². The summed E-state index contributed by atoms with van der Waals surface area (Å²) in [6.45, 7) is 15.8. The molecule has 3 rings (SSSR count). The molecule has 6 atom stereocenters. The number of thioether (sulfide) groups is 1. The SMILES string of the molecule is CCCC(N)CC.CCCCCCC(C)CC1CCC(CCC)N1Cc1ccc(C(=O)NC(CCS(C)(=O)=O)C(=O)O)c(-c2ccccc2C)c1.CSCCC(C)C(=O)O. The summed E-state index contributed by atoms with van der Waals surface area (Å²) in [6.07, 6.45) is 19.6. The highest BCUT2D eigenvalue weighted by Crippen LogP contribution is 2.35. The number of carbonyl (C=O) groups excluding carboxylic acids is 1. The first-order valence-corrected chi connectivity index (χ1v) is 26.0. The van der Waals surface area contributed by atoms with Gasteiger partial charge in [0.25, 0.3) is 5.91 Å². The van der Waals surface area contributed by atoms with Gasteiger partial charge in [0.1, 0.15) is 15.9 Å². The average molecular weight is 876 g/mol. The standard InChI is InChI=1S/C36H54N2O5S.C6H15N.C6H12O2S/c1-6-8-9-10-14-26(3)23-30-19-18-29(13-7-2)38(30)25-28-17-20-32(33(24-28)31-16-12-11-15-27(31)4)35(39)37-34(36(40)41)21-22-44(5,42)43;1-3-5-6(7)4-2;1-5(6(7)8)3-4-9-2/h11-12,15-17,20,24,26,29-30,34H,6-10,13-14,18-19,21-23,25H2,1-5H3,(H,37,39)(H,40,41);6H,3-5,7H2,1-2H3;5H,3-4H2,1-2H3,(H,7,8). The second-order valence-electron chi connectivity index (χ2n) is 17.0.